The van der Waals surface area contributed by atoms with E-state index in [0.29, 0.717) is 39.6 Å². The summed E-state index contributed by atoms with van der Waals surface area (Å²) in [7, 11) is 1.62. The van der Waals surface area contributed by atoms with Gasteiger partial charge in [-0.05, 0) is 74.0 Å². The standard InChI is InChI=1S/C18H42O6S4Si2/c1-9-17(29(19-11-3,20-12-4)21-13-5)25-27-28-26-18(10-2)30(22-14-6,23-15-7)24-16-8/h17-18H,9-16H2,1-8H3. The van der Waals surface area contributed by atoms with Crippen LogP contribution in [0, 0.1) is 0 Å². The molecule has 2 atom stereocenters. The fourth-order valence-electron chi connectivity index (χ4n) is 2.90. The molecule has 0 aromatic heterocycles. The highest BCUT2D eigenvalue weighted by molar-refractivity contribution is 9.26. The highest BCUT2D eigenvalue weighted by atomic mass is 33.7. The fraction of sp³-hybridized carbons (Fsp3) is 1.00. The predicted molar refractivity (Wildman–Crippen MR) is 140 cm³/mol. The van der Waals surface area contributed by atoms with Crippen LogP contribution in [-0.4, -0.2) is 67.0 Å². The van der Waals surface area contributed by atoms with E-state index in [4.69, 9.17) is 26.6 Å². The minimum absolute atomic E-state index is 0.184. The largest absolute Gasteiger partial charge is 0.515 e. The van der Waals surface area contributed by atoms with E-state index in [2.05, 4.69) is 13.8 Å². The second-order valence-corrected chi connectivity index (χ2v) is 18.5. The van der Waals surface area contributed by atoms with Crippen molar-refractivity contribution in [2.24, 2.45) is 0 Å². The van der Waals surface area contributed by atoms with E-state index in [9.17, 15) is 0 Å². The van der Waals surface area contributed by atoms with E-state index < -0.39 is 17.6 Å². The summed E-state index contributed by atoms with van der Waals surface area (Å²) in [6.45, 7) is 19.9. The molecule has 0 heterocycles. The summed E-state index contributed by atoms with van der Waals surface area (Å²) in [5.74, 6) is 0. The van der Waals surface area contributed by atoms with Gasteiger partial charge in [0.05, 0.1) is 9.75 Å². The third-order valence-corrected chi connectivity index (χ3v) is 20.7. The molecule has 0 aliphatic rings. The lowest BCUT2D eigenvalue weighted by molar-refractivity contribution is 0.0685. The van der Waals surface area contributed by atoms with Crippen molar-refractivity contribution in [1.82, 2.24) is 0 Å². The minimum atomic E-state index is -2.73. The molecular formula is C18H42O6S4Si2. The lowest BCUT2D eigenvalue weighted by Gasteiger charge is -2.34. The van der Waals surface area contributed by atoms with Crippen molar-refractivity contribution in [2.45, 2.75) is 78.0 Å². The van der Waals surface area contributed by atoms with Crippen LogP contribution in [0.5, 0.6) is 0 Å². The van der Waals surface area contributed by atoms with E-state index in [0.717, 1.165) is 12.8 Å². The van der Waals surface area contributed by atoms with Gasteiger partial charge >= 0.3 is 17.6 Å². The van der Waals surface area contributed by atoms with E-state index in [1.807, 2.05) is 41.5 Å². The molecule has 0 radical (unpaired) electrons. The van der Waals surface area contributed by atoms with Crippen LogP contribution in [0.15, 0.2) is 0 Å². The van der Waals surface area contributed by atoms with Crippen LogP contribution in [0.3, 0.4) is 0 Å². The molecule has 30 heavy (non-hydrogen) atoms. The predicted octanol–water partition coefficient (Wildman–Crippen LogP) is 6.40. The normalized spacial score (nSPS) is 14.8. The molecule has 0 aliphatic heterocycles. The summed E-state index contributed by atoms with van der Waals surface area (Å²) in [4.78, 5) is 0.367. The number of hydrogen-bond donors (Lipinski definition) is 0. The van der Waals surface area contributed by atoms with Crippen LogP contribution < -0.4 is 0 Å². The van der Waals surface area contributed by atoms with Gasteiger partial charge in [0.25, 0.3) is 0 Å². The maximum atomic E-state index is 6.10. The maximum Gasteiger partial charge on any atom is 0.515 e. The Labute approximate surface area is 202 Å². The summed E-state index contributed by atoms with van der Waals surface area (Å²) in [5, 5.41) is 0. The zero-order valence-corrected chi connectivity index (χ0v) is 25.2. The van der Waals surface area contributed by atoms with Crippen LogP contribution in [0.2, 0.25) is 0 Å². The third-order valence-electron chi connectivity index (χ3n) is 3.94. The van der Waals surface area contributed by atoms with Crippen LogP contribution in [-0.2, 0) is 26.6 Å². The maximum absolute atomic E-state index is 6.10. The first kappa shape index (κ1) is 31.6. The van der Waals surface area contributed by atoms with Crippen molar-refractivity contribution in [2.75, 3.05) is 39.6 Å². The zero-order valence-electron chi connectivity index (χ0n) is 19.9. The molecule has 0 saturated heterocycles. The topological polar surface area (TPSA) is 55.4 Å². The molecule has 6 nitrogen and oxygen atoms in total. The van der Waals surface area contributed by atoms with Crippen molar-refractivity contribution in [3.63, 3.8) is 0 Å². The van der Waals surface area contributed by atoms with Crippen LogP contribution >= 0.6 is 41.2 Å². The summed E-state index contributed by atoms with van der Waals surface area (Å²) in [5.41, 5.74) is 0. The number of hydrogen-bond acceptors (Lipinski definition) is 10. The molecule has 0 aromatic carbocycles. The van der Waals surface area contributed by atoms with E-state index in [1.54, 1.807) is 41.2 Å². The average Bonchev–Trinajstić information content (AvgIpc) is 2.71. The van der Waals surface area contributed by atoms with E-state index >= 15 is 0 Å². The Hall–Kier alpha value is 1.59. The first-order chi connectivity index (χ1) is 14.5. The highest BCUT2D eigenvalue weighted by Crippen LogP contribution is 2.51. The molecule has 2 unspecified atom stereocenters. The van der Waals surface area contributed by atoms with Gasteiger partial charge in [0, 0.05) is 39.6 Å². The average molecular weight is 539 g/mol. The Morgan fingerprint density at radius 2 is 0.700 bits per heavy atom. The molecule has 0 N–H and O–H groups in total. The molecule has 0 aliphatic carbocycles. The van der Waals surface area contributed by atoms with Gasteiger partial charge in [0.1, 0.15) is 0 Å². The first-order valence-electron chi connectivity index (χ1n) is 11.0. The third kappa shape index (κ3) is 10.2. The van der Waals surface area contributed by atoms with Crippen LogP contribution in [0.4, 0.5) is 0 Å². The van der Waals surface area contributed by atoms with Gasteiger partial charge < -0.3 is 26.6 Å². The van der Waals surface area contributed by atoms with E-state index in [1.165, 1.54) is 0 Å². The van der Waals surface area contributed by atoms with Crippen molar-refractivity contribution in [1.29, 1.82) is 0 Å². The molecule has 0 fully saturated rings. The van der Waals surface area contributed by atoms with Crippen molar-refractivity contribution in [3.8, 4) is 0 Å². The molecule has 0 saturated carbocycles. The fourth-order valence-corrected chi connectivity index (χ4v) is 20.5. The Morgan fingerprint density at radius 3 is 0.867 bits per heavy atom. The van der Waals surface area contributed by atoms with E-state index in [-0.39, 0.29) is 9.75 Å². The van der Waals surface area contributed by atoms with Gasteiger partial charge in [-0.2, -0.15) is 0 Å². The van der Waals surface area contributed by atoms with Crippen molar-refractivity contribution < 1.29 is 26.6 Å². The lowest BCUT2D eigenvalue weighted by Crippen LogP contribution is -2.55. The molecular weight excluding hydrogens is 497 g/mol. The summed E-state index contributed by atoms with van der Waals surface area (Å²) >= 11 is 0. The molecule has 182 valence electrons. The zero-order chi connectivity index (χ0) is 22.9. The Balaban J connectivity index is 5.09. The molecule has 0 amide bonds. The van der Waals surface area contributed by atoms with Gasteiger partial charge in [-0.1, -0.05) is 35.4 Å². The molecule has 0 aromatic rings. The van der Waals surface area contributed by atoms with Crippen LogP contribution in [0.1, 0.15) is 68.2 Å². The van der Waals surface area contributed by atoms with Crippen molar-refractivity contribution >= 4 is 58.8 Å². The second kappa shape index (κ2) is 19.0. The Kier molecular flexibility index (Phi) is 20.0. The van der Waals surface area contributed by atoms with Gasteiger partial charge in [-0.15, -0.1) is 0 Å². The quantitative estimate of drug-likeness (QED) is 0.0932. The SMILES string of the molecule is CCO[Si](OCC)(OCC)C(CC)SSSSC(CC)[Si](OCC)(OCC)OCC. The highest BCUT2D eigenvalue weighted by Gasteiger charge is 2.50. The minimum Gasteiger partial charge on any atom is -0.373 e. The van der Waals surface area contributed by atoms with Gasteiger partial charge in [-0.3, -0.25) is 0 Å². The molecule has 0 bridgehead atoms. The molecule has 0 rings (SSSR count). The van der Waals surface area contributed by atoms with Gasteiger partial charge in [0.2, 0.25) is 0 Å². The van der Waals surface area contributed by atoms with Crippen molar-refractivity contribution in [3.05, 3.63) is 0 Å². The van der Waals surface area contributed by atoms with Crippen LogP contribution in [0.25, 0.3) is 0 Å². The Bertz CT molecular complexity index is 345. The van der Waals surface area contributed by atoms with Gasteiger partial charge in [0.15, 0.2) is 0 Å². The smallest absolute Gasteiger partial charge is 0.373 e. The first-order valence-corrected chi connectivity index (χ1v) is 19.5. The Morgan fingerprint density at radius 1 is 0.467 bits per heavy atom. The molecule has 12 heteroatoms. The summed E-state index contributed by atoms with van der Waals surface area (Å²) in [6.07, 6.45) is 1.86. The summed E-state index contributed by atoms with van der Waals surface area (Å²) < 4.78 is 36.6. The van der Waals surface area contributed by atoms with Gasteiger partial charge in [-0.25, -0.2) is 0 Å². The second-order valence-electron chi connectivity index (χ2n) is 5.93. The molecule has 0 spiro atoms. The monoisotopic (exact) mass is 538 g/mol. The number of rotatable bonds is 21. The summed E-state index contributed by atoms with van der Waals surface area (Å²) in [6, 6.07) is 0. The lowest BCUT2D eigenvalue weighted by atomic mass is 10.6.